The molecule has 0 aliphatic rings. The summed E-state index contributed by atoms with van der Waals surface area (Å²) in [4.78, 5) is 0. The van der Waals surface area contributed by atoms with Crippen LogP contribution < -0.4 is 10.5 Å². The van der Waals surface area contributed by atoms with E-state index in [0.29, 0.717) is 4.47 Å². The minimum atomic E-state index is -4.42. The fraction of sp³-hybridized carbons (Fsp3) is 0.333. The van der Waals surface area contributed by atoms with E-state index in [2.05, 4.69) is 15.9 Å². The van der Waals surface area contributed by atoms with E-state index in [1.165, 1.54) is 13.2 Å². The van der Waals surface area contributed by atoms with Crippen molar-refractivity contribution in [1.29, 1.82) is 0 Å². The first kappa shape index (κ1) is 12.3. The standard InChI is InChI=1S/C9H9BrF3NO/c1-15-8-3-5(10)2-7(6(8)4-14)9(11,12)13/h2-3H,4,14H2,1H3. The van der Waals surface area contributed by atoms with Gasteiger partial charge < -0.3 is 10.5 Å². The number of halogens is 4. The van der Waals surface area contributed by atoms with Gasteiger partial charge >= 0.3 is 6.18 Å². The Morgan fingerprint density at radius 2 is 2.00 bits per heavy atom. The maximum Gasteiger partial charge on any atom is 0.416 e. The minimum absolute atomic E-state index is 0.0341. The molecule has 0 atom stereocenters. The maximum atomic E-state index is 12.6. The predicted octanol–water partition coefficient (Wildman–Crippen LogP) is 2.94. The van der Waals surface area contributed by atoms with Gasteiger partial charge in [-0.1, -0.05) is 15.9 Å². The van der Waals surface area contributed by atoms with E-state index >= 15 is 0 Å². The van der Waals surface area contributed by atoms with Gasteiger partial charge in [0.05, 0.1) is 12.7 Å². The highest BCUT2D eigenvalue weighted by Crippen LogP contribution is 2.38. The second-order valence-electron chi connectivity index (χ2n) is 2.84. The third kappa shape index (κ3) is 2.63. The van der Waals surface area contributed by atoms with Crippen molar-refractivity contribution in [2.24, 2.45) is 5.73 Å². The van der Waals surface area contributed by atoms with Crippen molar-refractivity contribution < 1.29 is 17.9 Å². The van der Waals surface area contributed by atoms with E-state index in [1.807, 2.05) is 0 Å². The van der Waals surface area contributed by atoms with E-state index < -0.39 is 11.7 Å². The molecule has 0 heterocycles. The number of methoxy groups -OCH3 is 1. The van der Waals surface area contributed by atoms with E-state index in [0.717, 1.165) is 6.07 Å². The maximum absolute atomic E-state index is 12.6. The molecule has 0 radical (unpaired) electrons. The lowest BCUT2D eigenvalue weighted by molar-refractivity contribution is -0.138. The molecule has 2 nitrogen and oxygen atoms in total. The Morgan fingerprint density at radius 3 is 2.40 bits per heavy atom. The molecular formula is C9H9BrF3NO. The summed E-state index contributed by atoms with van der Waals surface area (Å²) < 4.78 is 43.0. The predicted molar refractivity (Wildman–Crippen MR) is 53.6 cm³/mol. The molecule has 0 saturated carbocycles. The van der Waals surface area contributed by atoms with Crippen LogP contribution in [-0.2, 0) is 12.7 Å². The molecule has 0 unspecified atom stereocenters. The number of alkyl halides is 3. The van der Waals surface area contributed by atoms with E-state index in [4.69, 9.17) is 10.5 Å². The first-order valence-corrected chi connectivity index (χ1v) is 4.83. The fourth-order valence-electron chi connectivity index (χ4n) is 1.26. The molecule has 0 fully saturated rings. The van der Waals surface area contributed by atoms with E-state index in [1.54, 1.807) is 0 Å². The summed E-state index contributed by atoms with van der Waals surface area (Å²) >= 11 is 2.99. The van der Waals surface area contributed by atoms with Gasteiger partial charge in [-0.3, -0.25) is 0 Å². The number of ether oxygens (including phenoxy) is 1. The Kier molecular flexibility index (Phi) is 3.62. The van der Waals surface area contributed by atoms with Crippen LogP contribution in [0.2, 0.25) is 0 Å². The molecule has 0 spiro atoms. The van der Waals surface area contributed by atoms with Crippen LogP contribution in [0.1, 0.15) is 11.1 Å². The van der Waals surface area contributed by atoms with E-state index in [-0.39, 0.29) is 17.9 Å². The normalized spacial score (nSPS) is 11.6. The van der Waals surface area contributed by atoms with Crippen molar-refractivity contribution in [2.75, 3.05) is 7.11 Å². The molecule has 0 aromatic heterocycles. The molecule has 0 aliphatic carbocycles. The van der Waals surface area contributed by atoms with Gasteiger partial charge in [0, 0.05) is 16.6 Å². The summed E-state index contributed by atoms with van der Waals surface area (Å²) in [7, 11) is 1.31. The largest absolute Gasteiger partial charge is 0.496 e. The summed E-state index contributed by atoms with van der Waals surface area (Å²) in [5.74, 6) is 0.138. The molecule has 0 bridgehead atoms. The number of benzene rings is 1. The fourth-order valence-corrected chi connectivity index (χ4v) is 1.69. The summed E-state index contributed by atoms with van der Waals surface area (Å²) in [6, 6.07) is 2.45. The van der Waals surface area contributed by atoms with Crippen molar-refractivity contribution in [3.8, 4) is 5.75 Å². The van der Waals surface area contributed by atoms with Gasteiger partial charge in [-0.25, -0.2) is 0 Å². The second kappa shape index (κ2) is 4.40. The van der Waals surface area contributed by atoms with Crippen molar-refractivity contribution in [3.63, 3.8) is 0 Å². The van der Waals surface area contributed by atoms with Crippen LogP contribution in [0.25, 0.3) is 0 Å². The molecule has 6 heteroatoms. The number of rotatable bonds is 2. The number of hydrogen-bond donors (Lipinski definition) is 1. The number of hydrogen-bond acceptors (Lipinski definition) is 2. The molecule has 0 amide bonds. The van der Waals surface area contributed by atoms with Crippen LogP contribution >= 0.6 is 15.9 Å². The SMILES string of the molecule is COc1cc(Br)cc(C(F)(F)F)c1CN. The highest BCUT2D eigenvalue weighted by atomic mass is 79.9. The van der Waals surface area contributed by atoms with Gasteiger partial charge in [-0.05, 0) is 12.1 Å². The monoisotopic (exact) mass is 283 g/mol. The quantitative estimate of drug-likeness (QED) is 0.906. The summed E-state index contributed by atoms with van der Waals surface area (Å²) in [6.07, 6.45) is -4.42. The molecule has 2 N–H and O–H groups in total. The van der Waals surface area contributed by atoms with Crippen LogP contribution in [0.15, 0.2) is 16.6 Å². The van der Waals surface area contributed by atoms with Crippen molar-refractivity contribution in [1.82, 2.24) is 0 Å². The first-order valence-electron chi connectivity index (χ1n) is 4.03. The lowest BCUT2D eigenvalue weighted by Crippen LogP contribution is -2.13. The zero-order valence-electron chi connectivity index (χ0n) is 7.86. The molecule has 1 aromatic rings. The van der Waals surface area contributed by atoms with Crippen LogP contribution in [0, 0.1) is 0 Å². The third-order valence-electron chi connectivity index (χ3n) is 1.90. The summed E-state index contributed by atoms with van der Waals surface area (Å²) in [5.41, 5.74) is 4.48. The lowest BCUT2D eigenvalue weighted by Gasteiger charge is -2.15. The Bertz CT molecular complexity index is 365. The van der Waals surface area contributed by atoms with E-state index in [9.17, 15) is 13.2 Å². The zero-order chi connectivity index (χ0) is 11.6. The van der Waals surface area contributed by atoms with Crippen molar-refractivity contribution >= 4 is 15.9 Å². The molecule has 0 aliphatic heterocycles. The highest BCUT2D eigenvalue weighted by Gasteiger charge is 2.34. The molecule has 1 rings (SSSR count). The molecule has 84 valence electrons. The smallest absolute Gasteiger partial charge is 0.416 e. The molecular weight excluding hydrogens is 275 g/mol. The third-order valence-corrected chi connectivity index (χ3v) is 2.36. The Morgan fingerprint density at radius 1 is 1.40 bits per heavy atom. The van der Waals surface area contributed by atoms with Gasteiger partial charge in [-0.15, -0.1) is 0 Å². The van der Waals surface area contributed by atoms with Crippen molar-refractivity contribution in [3.05, 3.63) is 27.7 Å². The minimum Gasteiger partial charge on any atom is -0.496 e. The Balaban J connectivity index is 3.42. The van der Waals surface area contributed by atoms with Gasteiger partial charge in [0.1, 0.15) is 5.75 Å². The Labute approximate surface area is 93.3 Å². The van der Waals surface area contributed by atoms with Gasteiger partial charge in [0.2, 0.25) is 0 Å². The van der Waals surface area contributed by atoms with Crippen LogP contribution in [-0.4, -0.2) is 7.11 Å². The van der Waals surface area contributed by atoms with Gasteiger partial charge in [-0.2, -0.15) is 13.2 Å². The average Bonchev–Trinajstić information content (AvgIpc) is 2.15. The summed E-state index contributed by atoms with van der Waals surface area (Å²) in [5, 5.41) is 0. The van der Waals surface area contributed by atoms with Crippen LogP contribution in [0.4, 0.5) is 13.2 Å². The van der Waals surface area contributed by atoms with Crippen molar-refractivity contribution in [2.45, 2.75) is 12.7 Å². The zero-order valence-corrected chi connectivity index (χ0v) is 9.45. The average molecular weight is 284 g/mol. The molecule has 0 saturated heterocycles. The number of nitrogens with two attached hydrogens (primary N) is 1. The van der Waals surface area contributed by atoms with Gasteiger partial charge in [0.15, 0.2) is 0 Å². The van der Waals surface area contributed by atoms with Crippen LogP contribution in [0.5, 0.6) is 5.75 Å². The second-order valence-corrected chi connectivity index (χ2v) is 3.75. The van der Waals surface area contributed by atoms with Crippen LogP contribution in [0.3, 0.4) is 0 Å². The summed E-state index contributed by atoms with van der Waals surface area (Å²) in [6.45, 7) is -0.217. The topological polar surface area (TPSA) is 35.2 Å². The van der Waals surface area contributed by atoms with Gasteiger partial charge in [0.25, 0.3) is 0 Å². The Hall–Kier alpha value is -0.750. The first-order chi connectivity index (χ1) is 6.90. The molecule has 15 heavy (non-hydrogen) atoms. The lowest BCUT2D eigenvalue weighted by atomic mass is 10.1. The molecule has 1 aromatic carbocycles. The highest BCUT2D eigenvalue weighted by molar-refractivity contribution is 9.10.